The molecule has 24 heavy (non-hydrogen) atoms. The lowest BCUT2D eigenvalue weighted by atomic mass is 10.2. The third-order valence-corrected chi connectivity index (χ3v) is 6.54. The summed E-state index contributed by atoms with van der Waals surface area (Å²) in [5.41, 5.74) is 0. The number of nitrogens with zero attached hydrogens (tertiary/aromatic N) is 3. The number of likely N-dealkylation sites (N-methyl/N-ethyl adjacent to an activating group) is 1. The number of sulfonamides is 1. The first-order valence-electron chi connectivity index (χ1n) is 7.75. The molecule has 0 saturated carbocycles. The molecular weight excluding hydrogens is 340 g/mol. The van der Waals surface area contributed by atoms with E-state index in [0.29, 0.717) is 25.7 Å². The van der Waals surface area contributed by atoms with Crippen molar-refractivity contribution in [1.82, 2.24) is 14.1 Å². The number of likely N-dealkylation sites (tertiary alicyclic amines) is 1. The number of hydrogen-bond acceptors (Lipinski definition) is 4. The van der Waals surface area contributed by atoms with Crippen molar-refractivity contribution in [2.75, 3.05) is 39.8 Å². The Morgan fingerprint density at radius 1 is 1.04 bits per heavy atom. The summed E-state index contributed by atoms with van der Waals surface area (Å²) in [6.07, 6.45) is 0.741. The van der Waals surface area contributed by atoms with Gasteiger partial charge in [0.1, 0.15) is 0 Å². The van der Waals surface area contributed by atoms with Gasteiger partial charge in [-0.05, 0) is 24.6 Å². The van der Waals surface area contributed by atoms with Crippen molar-refractivity contribution in [3.63, 3.8) is 0 Å². The molecule has 9 heteroatoms. The van der Waals surface area contributed by atoms with E-state index in [2.05, 4.69) is 0 Å². The fourth-order valence-corrected chi connectivity index (χ4v) is 4.62. The molecule has 3 rings (SSSR count). The van der Waals surface area contributed by atoms with Crippen LogP contribution in [0.5, 0.6) is 0 Å². The average molecular weight is 359 g/mol. The highest BCUT2D eigenvalue weighted by Gasteiger charge is 2.37. The summed E-state index contributed by atoms with van der Waals surface area (Å²) < 4.78 is 52.6. The van der Waals surface area contributed by atoms with Crippen LogP contribution in [-0.4, -0.2) is 74.2 Å². The van der Waals surface area contributed by atoms with Gasteiger partial charge < -0.3 is 4.90 Å². The second-order valence-electron chi connectivity index (χ2n) is 6.08. The highest BCUT2D eigenvalue weighted by atomic mass is 32.2. The number of amides is 1. The molecule has 2 aliphatic heterocycles. The van der Waals surface area contributed by atoms with E-state index in [0.717, 1.165) is 18.6 Å². The topological polar surface area (TPSA) is 60.9 Å². The van der Waals surface area contributed by atoms with Crippen molar-refractivity contribution in [3.8, 4) is 0 Å². The molecular formula is C15H19F2N3O3S. The zero-order chi connectivity index (χ0) is 17.5. The standard InChI is InChI=1S/C15H19F2N3O3S/c1-18-5-4-14(15(18)21)19-6-8-20(9-7-19)24(22,23)11-2-3-12(16)13(17)10-11/h2-3,10,14H,4-9H2,1H3. The lowest BCUT2D eigenvalue weighted by Crippen LogP contribution is -2.53. The molecule has 2 fully saturated rings. The van der Waals surface area contributed by atoms with Crippen LogP contribution in [0.4, 0.5) is 8.78 Å². The van der Waals surface area contributed by atoms with Crippen molar-refractivity contribution in [2.45, 2.75) is 17.4 Å². The van der Waals surface area contributed by atoms with Gasteiger partial charge in [0.2, 0.25) is 15.9 Å². The van der Waals surface area contributed by atoms with Gasteiger partial charge in [-0.3, -0.25) is 9.69 Å². The van der Waals surface area contributed by atoms with Crippen LogP contribution in [0.1, 0.15) is 6.42 Å². The van der Waals surface area contributed by atoms with Crippen LogP contribution in [0, 0.1) is 11.6 Å². The van der Waals surface area contributed by atoms with Gasteiger partial charge >= 0.3 is 0 Å². The van der Waals surface area contributed by atoms with Gasteiger partial charge in [0.05, 0.1) is 10.9 Å². The van der Waals surface area contributed by atoms with E-state index < -0.39 is 21.7 Å². The molecule has 0 N–H and O–H groups in total. The van der Waals surface area contributed by atoms with E-state index in [1.165, 1.54) is 4.31 Å². The molecule has 1 aromatic rings. The van der Waals surface area contributed by atoms with Gasteiger partial charge in [0, 0.05) is 39.8 Å². The van der Waals surface area contributed by atoms with Crippen LogP contribution in [0.2, 0.25) is 0 Å². The normalized spacial score (nSPS) is 23.9. The second-order valence-corrected chi connectivity index (χ2v) is 8.02. The Morgan fingerprint density at radius 3 is 2.25 bits per heavy atom. The number of halogens is 2. The van der Waals surface area contributed by atoms with Crippen molar-refractivity contribution < 1.29 is 22.0 Å². The molecule has 1 atom stereocenters. The molecule has 0 aliphatic carbocycles. The van der Waals surface area contributed by atoms with E-state index in [4.69, 9.17) is 0 Å². The van der Waals surface area contributed by atoms with Gasteiger partial charge in [0.25, 0.3) is 0 Å². The smallest absolute Gasteiger partial charge is 0.243 e. The minimum Gasteiger partial charge on any atom is -0.344 e. The lowest BCUT2D eigenvalue weighted by molar-refractivity contribution is -0.131. The van der Waals surface area contributed by atoms with Crippen LogP contribution < -0.4 is 0 Å². The van der Waals surface area contributed by atoms with Crippen LogP contribution in [0.3, 0.4) is 0 Å². The summed E-state index contributed by atoms with van der Waals surface area (Å²) in [6.45, 7) is 2.01. The van der Waals surface area contributed by atoms with E-state index in [9.17, 15) is 22.0 Å². The predicted molar refractivity (Wildman–Crippen MR) is 82.7 cm³/mol. The Kier molecular flexibility index (Phi) is 4.58. The van der Waals surface area contributed by atoms with Crippen LogP contribution in [-0.2, 0) is 14.8 Å². The van der Waals surface area contributed by atoms with E-state index in [1.54, 1.807) is 11.9 Å². The highest BCUT2D eigenvalue weighted by Crippen LogP contribution is 2.22. The minimum atomic E-state index is -3.87. The first-order chi connectivity index (χ1) is 11.3. The molecule has 2 aliphatic rings. The van der Waals surface area contributed by atoms with Crippen molar-refractivity contribution in [2.24, 2.45) is 0 Å². The van der Waals surface area contributed by atoms with Crippen LogP contribution >= 0.6 is 0 Å². The van der Waals surface area contributed by atoms with Crippen molar-refractivity contribution in [3.05, 3.63) is 29.8 Å². The van der Waals surface area contributed by atoms with Crippen LogP contribution in [0.25, 0.3) is 0 Å². The second kappa shape index (κ2) is 6.38. The first kappa shape index (κ1) is 17.2. The number of carbonyl (C=O) groups excluding carboxylic acids is 1. The quantitative estimate of drug-likeness (QED) is 0.789. The predicted octanol–water partition coefficient (Wildman–Crippen LogP) is 0.502. The molecule has 0 radical (unpaired) electrons. The zero-order valence-electron chi connectivity index (χ0n) is 13.3. The monoisotopic (exact) mass is 359 g/mol. The molecule has 6 nitrogen and oxygen atoms in total. The third-order valence-electron chi connectivity index (χ3n) is 4.64. The maximum Gasteiger partial charge on any atom is 0.243 e. The molecule has 1 unspecified atom stereocenters. The Labute approximate surface area is 139 Å². The Hall–Kier alpha value is -1.58. The number of piperazine rings is 1. The summed E-state index contributed by atoms with van der Waals surface area (Å²) in [6, 6.07) is 2.39. The Morgan fingerprint density at radius 2 is 1.71 bits per heavy atom. The average Bonchev–Trinajstić information content (AvgIpc) is 2.89. The van der Waals surface area contributed by atoms with Gasteiger partial charge in [-0.25, -0.2) is 17.2 Å². The minimum absolute atomic E-state index is 0.0620. The van der Waals surface area contributed by atoms with Gasteiger partial charge in [-0.2, -0.15) is 4.31 Å². The molecule has 0 bridgehead atoms. The third kappa shape index (κ3) is 3.03. The molecule has 0 aromatic heterocycles. The largest absolute Gasteiger partial charge is 0.344 e. The maximum atomic E-state index is 13.3. The molecule has 2 saturated heterocycles. The van der Waals surface area contributed by atoms with Gasteiger partial charge in [-0.15, -0.1) is 0 Å². The summed E-state index contributed by atoms with van der Waals surface area (Å²) in [5, 5.41) is 0. The SMILES string of the molecule is CN1CCC(N2CCN(S(=O)(=O)c3ccc(F)c(F)c3)CC2)C1=O. The molecule has 1 aromatic carbocycles. The first-order valence-corrected chi connectivity index (χ1v) is 9.19. The number of carbonyl (C=O) groups is 1. The van der Waals surface area contributed by atoms with Gasteiger partial charge in [-0.1, -0.05) is 0 Å². The number of benzene rings is 1. The van der Waals surface area contributed by atoms with Crippen LogP contribution in [0.15, 0.2) is 23.1 Å². The fraction of sp³-hybridized carbons (Fsp3) is 0.533. The lowest BCUT2D eigenvalue weighted by Gasteiger charge is -2.36. The van der Waals surface area contributed by atoms with Crippen molar-refractivity contribution >= 4 is 15.9 Å². The molecule has 2 heterocycles. The number of hydrogen-bond donors (Lipinski definition) is 0. The maximum absolute atomic E-state index is 13.3. The Balaban J connectivity index is 1.69. The van der Waals surface area contributed by atoms with E-state index in [-0.39, 0.29) is 29.9 Å². The summed E-state index contributed by atoms with van der Waals surface area (Å²) >= 11 is 0. The van der Waals surface area contributed by atoms with E-state index in [1.807, 2.05) is 4.90 Å². The fourth-order valence-electron chi connectivity index (χ4n) is 3.18. The summed E-state index contributed by atoms with van der Waals surface area (Å²) in [4.78, 5) is 15.5. The van der Waals surface area contributed by atoms with Gasteiger partial charge in [0.15, 0.2) is 11.6 Å². The van der Waals surface area contributed by atoms with E-state index >= 15 is 0 Å². The summed E-state index contributed by atoms with van der Waals surface area (Å²) in [7, 11) is -2.11. The zero-order valence-corrected chi connectivity index (χ0v) is 14.1. The Bertz CT molecular complexity index is 748. The van der Waals surface area contributed by atoms with Crippen molar-refractivity contribution in [1.29, 1.82) is 0 Å². The number of rotatable bonds is 3. The summed E-state index contributed by atoms with van der Waals surface area (Å²) in [5.74, 6) is -2.20. The molecule has 0 spiro atoms. The highest BCUT2D eigenvalue weighted by molar-refractivity contribution is 7.89. The molecule has 132 valence electrons. The molecule has 1 amide bonds.